The number of aliphatic hydroxyl groups is 1. The Bertz CT molecular complexity index is 500. The van der Waals surface area contributed by atoms with Crippen molar-refractivity contribution in [2.45, 2.75) is 22.8 Å². The van der Waals surface area contributed by atoms with Gasteiger partial charge < -0.3 is 5.11 Å². The second kappa shape index (κ2) is 5.74. The molecule has 0 saturated heterocycles. The first-order valence-electron chi connectivity index (χ1n) is 4.59. The molecule has 1 aromatic heterocycles. The number of halogens is 4. The smallest absolute Gasteiger partial charge is 0.390 e. The fourth-order valence-electron chi connectivity index (χ4n) is 1.14. The van der Waals surface area contributed by atoms with E-state index < -0.39 is 35.3 Å². The largest absolute Gasteiger partial charge is 0.395 e. The summed E-state index contributed by atoms with van der Waals surface area (Å²) >= 11 is 6.26. The van der Waals surface area contributed by atoms with E-state index in [0.29, 0.717) is 0 Å². The molecule has 18 heavy (non-hydrogen) atoms. The van der Waals surface area contributed by atoms with E-state index in [0.717, 1.165) is 11.3 Å². The van der Waals surface area contributed by atoms with Crippen LogP contribution in [0.25, 0.3) is 0 Å². The molecule has 104 valence electrons. The van der Waals surface area contributed by atoms with Crippen LogP contribution in [0.2, 0.25) is 4.34 Å². The van der Waals surface area contributed by atoms with Crippen LogP contribution in [0.15, 0.2) is 16.3 Å². The minimum atomic E-state index is -4.57. The highest BCUT2D eigenvalue weighted by atomic mass is 35.5. The first-order valence-corrected chi connectivity index (χ1v) is 7.27. The van der Waals surface area contributed by atoms with E-state index >= 15 is 0 Å². The molecule has 0 aromatic carbocycles. The number of hydrogen-bond donors (Lipinski definition) is 2. The van der Waals surface area contributed by atoms with Crippen molar-refractivity contribution in [2.75, 3.05) is 6.61 Å². The number of aliphatic hydroxyl groups excluding tert-OH is 1. The van der Waals surface area contributed by atoms with Crippen LogP contribution in [-0.2, 0) is 10.0 Å². The number of alkyl halides is 3. The summed E-state index contributed by atoms with van der Waals surface area (Å²) in [6.07, 6.45) is -6.01. The summed E-state index contributed by atoms with van der Waals surface area (Å²) < 4.78 is 61.4. The average Bonchev–Trinajstić information content (AvgIpc) is 2.62. The van der Waals surface area contributed by atoms with E-state index in [-0.39, 0.29) is 8.55 Å². The third-order valence-electron chi connectivity index (χ3n) is 1.83. The zero-order valence-electron chi connectivity index (χ0n) is 8.74. The quantitative estimate of drug-likeness (QED) is 0.871. The molecule has 0 aliphatic heterocycles. The van der Waals surface area contributed by atoms with Crippen LogP contribution < -0.4 is 4.72 Å². The van der Waals surface area contributed by atoms with Gasteiger partial charge in [-0.3, -0.25) is 0 Å². The van der Waals surface area contributed by atoms with Crippen molar-refractivity contribution < 1.29 is 26.7 Å². The topological polar surface area (TPSA) is 66.4 Å². The van der Waals surface area contributed by atoms with Crippen LogP contribution in [0.3, 0.4) is 0 Å². The van der Waals surface area contributed by atoms with E-state index in [2.05, 4.69) is 0 Å². The van der Waals surface area contributed by atoms with Crippen LogP contribution in [0.5, 0.6) is 0 Å². The van der Waals surface area contributed by atoms with Crippen molar-refractivity contribution in [3.05, 3.63) is 16.5 Å². The summed E-state index contributed by atoms with van der Waals surface area (Å²) in [5, 5.41) is 8.76. The Balaban J connectivity index is 2.81. The fourth-order valence-corrected chi connectivity index (χ4v) is 3.87. The third-order valence-corrected chi connectivity index (χ3v) is 5.08. The predicted molar refractivity (Wildman–Crippen MR) is 61.2 cm³/mol. The molecule has 1 aromatic rings. The summed E-state index contributed by atoms with van der Waals surface area (Å²) in [7, 11) is -4.10. The Morgan fingerprint density at radius 1 is 1.44 bits per heavy atom. The normalized spacial score (nSPS) is 14.7. The van der Waals surface area contributed by atoms with Gasteiger partial charge in [-0.1, -0.05) is 11.6 Å². The lowest BCUT2D eigenvalue weighted by Gasteiger charge is -2.17. The lowest BCUT2D eigenvalue weighted by atomic mass is 10.2. The Morgan fingerprint density at radius 2 is 2.06 bits per heavy atom. The van der Waals surface area contributed by atoms with E-state index in [1.165, 1.54) is 12.1 Å². The van der Waals surface area contributed by atoms with Gasteiger partial charge >= 0.3 is 6.18 Å². The highest BCUT2D eigenvalue weighted by Gasteiger charge is 2.34. The van der Waals surface area contributed by atoms with Crippen molar-refractivity contribution in [1.29, 1.82) is 0 Å². The lowest BCUT2D eigenvalue weighted by molar-refractivity contribution is -0.140. The van der Waals surface area contributed by atoms with Crippen LogP contribution in [-0.4, -0.2) is 32.3 Å². The molecule has 1 atom stereocenters. The summed E-state index contributed by atoms with van der Waals surface area (Å²) in [6.45, 7) is -0.947. The Hall–Kier alpha value is -0.350. The first-order chi connectivity index (χ1) is 8.14. The van der Waals surface area contributed by atoms with Gasteiger partial charge in [-0.15, -0.1) is 11.3 Å². The molecule has 4 nitrogen and oxygen atoms in total. The van der Waals surface area contributed by atoms with Gasteiger partial charge in [0.15, 0.2) is 0 Å². The van der Waals surface area contributed by atoms with Gasteiger partial charge in [-0.2, -0.15) is 13.2 Å². The molecule has 0 aliphatic rings. The van der Waals surface area contributed by atoms with Crippen LogP contribution in [0, 0.1) is 0 Å². The minimum Gasteiger partial charge on any atom is -0.395 e. The number of thiophene rings is 1. The molecule has 0 spiro atoms. The number of hydrogen-bond acceptors (Lipinski definition) is 4. The average molecular weight is 324 g/mol. The number of sulfonamides is 1. The SMILES string of the molecule is O=S(=O)(NC(CO)CC(F)(F)F)c1ccc(Cl)s1. The van der Waals surface area contributed by atoms with Crippen molar-refractivity contribution in [3.63, 3.8) is 0 Å². The molecule has 0 fully saturated rings. The van der Waals surface area contributed by atoms with Crippen molar-refractivity contribution in [3.8, 4) is 0 Å². The van der Waals surface area contributed by atoms with Gasteiger partial charge in [0.05, 0.1) is 23.4 Å². The summed E-state index contributed by atoms with van der Waals surface area (Å²) in [6, 6.07) is 0.881. The van der Waals surface area contributed by atoms with Crippen molar-refractivity contribution >= 4 is 33.0 Å². The van der Waals surface area contributed by atoms with Crippen molar-refractivity contribution in [2.24, 2.45) is 0 Å². The van der Waals surface area contributed by atoms with Gasteiger partial charge in [0.1, 0.15) is 4.21 Å². The standard InChI is InChI=1S/C8H9ClF3NO3S2/c9-6-1-2-7(17-6)18(15,16)13-5(4-14)3-8(10,11)12/h1-2,5,13-14H,3-4H2. The van der Waals surface area contributed by atoms with Gasteiger partial charge in [0, 0.05) is 0 Å². The number of nitrogens with one attached hydrogen (secondary N) is 1. The molecule has 1 heterocycles. The maximum absolute atomic E-state index is 12.1. The van der Waals surface area contributed by atoms with Gasteiger partial charge in [0.25, 0.3) is 0 Å². The maximum Gasteiger partial charge on any atom is 0.390 e. The van der Waals surface area contributed by atoms with Gasteiger partial charge in [-0.25, -0.2) is 13.1 Å². The van der Waals surface area contributed by atoms with Crippen LogP contribution in [0.1, 0.15) is 6.42 Å². The van der Waals surface area contributed by atoms with E-state index in [4.69, 9.17) is 16.7 Å². The molecular weight excluding hydrogens is 315 g/mol. The lowest BCUT2D eigenvalue weighted by Crippen LogP contribution is -2.40. The zero-order chi connectivity index (χ0) is 14.0. The molecule has 0 aliphatic carbocycles. The molecular formula is C8H9ClF3NO3S2. The molecule has 10 heteroatoms. The Labute approximate surface area is 110 Å². The molecule has 1 rings (SSSR count). The molecule has 0 amide bonds. The maximum atomic E-state index is 12.1. The minimum absolute atomic E-state index is 0.201. The zero-order valence-corrected chi connectivity index (χ0v) is 11.1. The fraction of sp³-hybridized carbons (Fsp3) is 0.500. The molecule has 1 unspecified atom stereocenters. The molecule has 0 bridgehead atoms. The van der Waals surface area contributed by atoms with Gasteiger partial charge in [-0.05, 0) is 12.1 Å². The Morgan fingerprint density at radius 3 is 2.44 bits per heavy atom. The first kappa shape index (κ1) is 15.7. The predicted octanol–water partition coefficient (Wildman–Crippen LogP) is 1.99. The molecule has 2 N–H and O–H groups in total. The van der Waals surface area contributed by atoms with E-state index in [9.17, 15) is 21.6 Å². The van der Waals surface area contributed by atoms with Gasteiger partial charge in [0.2, 0.25) is 10.0 Å². The summed E-state index contributed by atoms with van der Waals surface area (Å²) in [4.78, 5) is 0. The molecule has 0 radical (unpaired) electrons. The van der Waals surface area contributed by atoms with Crippen LogP contribution >= 0.6 is 22.9 Å². The van der Waals surface area contributed by atoms with E-state index in [1.807, 2.05) is 0 Å². The highest BCUT2D eigenvalue weighted by molar-refractivity contribution is 7.91. The third kappa shape index (κ3) is 4.73. The Kier molecular flexibility index (Phi) is 5.01. The second-order valence-electron chi connectivity index (χ2n) is 3.38. The second-order valence-corrected chi connectivity index (χ2v) is 7.03. The van der Waals surface area contributed by atoms with Crippen LogP contribution in [0.4, 0.5) is 13.2 Å². The summed E-state index contributed by atoms with van der Waals surface area (Å²) in [5.41, 5.74) is 0. The summed E-state index contributed by atoms with van der Waals surface area (Å²) in [5.74, 6) is 0. The monoisotopic (exact) mass is 323 g/mol. The molecule has 0 saturated carbocycles. The van der Waals surface area contributed by atoms with Crippen molar-refractivity contribution in [1.82, 2.24) is 4.72 Å². The number of rotatable bonds is 5. The van der Waals surface area contributed by atoms with E-state index in [1.54, 1.807) is 4.72 Å². The highest BCUT2D eigenvalue weighted by Crippen LogP contribution is 2.27.